The number of hydrogen-bond donors (Lipinski definition) is 0. The maximum atomic E-state index is 12.5. The quantitative estimate of drug-likeness (QED) is 0.590. The molecule has 0 bridgehead atoms. The Balaban J connectivity index is 2.23. The number of nitrogens with zero attached hydrogens (tertiary/aromatic N) is 2. The Bertz CT molecular complexity index is 660. The van der Waals surface area contributed by atoms with Gasteiger partial charge < -0.3 is 4.74 Å². The fraction of sp³-hybridized carbons (Fsp3) is 0.222. The van der Waals surface area contributed by atoms with Crippen LogP contribution in [0.5, 0.6) is 5.75 Å². The van der Waals surface area contributed by atoms with E-state index in [1.54, 1.807) is 35.9 Å². The number of aliphatic imine (C=N–C) groups is 1. The van der Waals surface area contributed by atoms with Crippen LogP contribution in [0.2, 0.25) is 0 Å². The molecule has 1 aromatic rings. The number of rotatable bonds is 6. The molecule has 0 atom stereocenters. The number of allylic oxidation sites excluding steroid dienone is 1. The molecule has 5 heteroatoms. The van der Waals surface area contributed by atoms with Gasteiger partial charge in [-0.05, 0) is 30.7 Å². The van der Waals surface area contributed by atoms with Gasteiger partial charge in [0.1, 0.15) is 11.4 Å². The van der Waals surface area contributed by atoms with E-state index < -0.39 is 0 Å². The van der Waals surface area contributed by atoms with Gasteiger partial charge in [0.25, 0.3) is 5.91 Å². The lowest BCUT2D eigenvalue weighted by Crippen LogP contribution is -2.30. The van der Waals surface area contributed by atoms with E-state index in [9.17, 15) is 4.79 Å². The van der Waals surface area contributed by atoms with E-state index in [1.165, 1.54) is 0 Å². The average molecular weight is 328 g/mol. The first-order valence-electron chi connectivity index (χ1n) is 7.30. The van der Waals surface area contributed by atoms with Gasteiger partial charge in [0, 0.05) is 12.3 Å². The summed E-state index contributed by atoms with van der Waals surface area (Å²) >= 11 is 1.54. The summed E-state index contributed by atoms with van der Waals surface area (Å²) in [6, 6.07) is 7.52. The second-order valence-corrected chi connectivity index (χ2v) is 5.77. The van der Waals surface area contributed by atoms with Gasteiger partial charge in [-0.1, -0.05) is 42.1 Å². The predicted molar refractivity (Wildman–Crippen MR) is 97.6 cm³/mol. The largest absolute Gasteiger partial charge is 0.497 e. The summed E-state index contributed by atoms with van der Waals surface area (Å²) in [4.78, 5) is 18.6. The van der Waals surface area contributed by atoms with E-state index in [4.69, 9.17) is 4.74 Å². The SMILES string of the molecule is C=CCN1C(=O)C(=Cc2ccc(OC)cc2)N=C1SCC=CC. The van der Waals surface area contributed by atoms with Crippen LogP contribution in [0.4, 0.5) is 0 Å². The van der Waals surface area contributed by atoms with Crippen molar-refractivity contribution >= 4 is 28.9 Å². The number of carbonyl (C=O) groups excluding carboxylic acids is 1. The van der Waals surface area contributed by atoms with Gasteiger partial charge in [-0.2, -0.15) is 0 Å². The lowest BCUT2D eigenvalue weighted by Gasteiger charge is -2.14. The molecule has 0 aliphatic carbocycles. The third-order valence-electron chi connectivity index (χ3n) is 3.19. The number of methoxy groups -OCH3 is 1. The Kier molecular flexibility index (Phi) is 6.23. The zero-order valence-electron chi connectivity index (χ0n) is 13.4. The molecule has 1 aliphatic heterocycles. The Morgan fingerprint density at radius 3 is 2.70 bits per heavy atom. The first kappa shape index (κ1) is 17.1. The molecular formula is C18H20N2O2S. The van der Waals surface area contributed by atoms with E-state index in [1.807, 2.05) is 43.3 Å². The summed E-state index contributed by atoms with van der Waals surface area (Å²) in [7, 11) is 1.62. The van der Waals surface area contributed by atoms with Crippen LogP contribution in [0.25, 0.3) is 6.08 Å². The van der Waals surface area contributed by atoms with Gasteiger partial charge in [-0.25, -0.2) is 4.99 Å². The molecule has 0 fully saturated rings. The first-order chi connectivity index (χ1) is 11.2. The fourth-order valence-electron chi connectivity index (χ4n) is 2.01. The van der Waals surface area contributed by atoms with Crippen molar-refractivity contribution in [3.63, 3.8) is 0 Å². The van der Waals surface area contributed by atoms with Gasteiger partial charge in [0.15, 0.2) is 5.17 Å². The second-order valence-electron chi connectivity index (χ2n) is 4.78. The Labute approximate surface area is 141 Å². The minimum atomic E-state index is -0.0938. The van der Waals surface area contributed by atoms with Gasteiger partial charge in [-0.15, -0.1) is 6.58 Å². The van der Waals surface area contributed by atoms with Crippen LogP contribution in [-0.2, 0) is 4.79 Å². The smallest absolute Gasteiger partial charge is 0.278 e. The van der Waals surface area contributed by atoms with Gasteiger partial charge in [0.05, 0.1) is 7.11 Å². The Hall–Kier alpha value is -2.27. The number of amidine groups is 1. The summed E-state index contributed by atoms with van der Waals surface area (Å²) in [5.41, 5.74) is 1.36. The van der Waals surface area contributed by atoms with Crippen molar-refractivity contribution in [3.05, 3.63) is 60.3 Å². The highest BCUT2D eigenvalue weighted by molar-refractivity contribution is 8.14. The van der Waals surface area contributed by atoms with Crippen molar-refractivity contribution in [1.82, 2.24) is 4.90 Å². The lowest BCUT2D eigenvalue weighted by molar-refractivity contribution is -0.122. The van der Waals surface area contributed by atoms with E-state index >= 15 is 0 Å². The molecule has 1 aliphatic rings. The molecule has 1 heterocycles. The number of thioether (sulfide) groups is 1. The minimum absolute atomic E-state index is 0.0938. The second kappa shape index (κ2) is 8.39. The molecule has 0 N–H and O–H groups in total. The van der Waals surface area contributed by atoms with Gasteiger partial charge >= 0.3 is 0 Å². The van der Waals surface area contributed by atoms with E-state index in [0.29, 0.717) is 17.4 Å². The maximum absolute atomic E-state index is 12.5. The summed E-state index contributed by atoms with van der Waals surface area (Å²) in [5, 5.41) is 0.716. The van der Waals surface area contributed by atoms with Crippen LogP contribution in [-0.4, -0.2) is 35.4 Å². The predicted octanol–water partition coefficient (Wildman–Crippen LogP) is 3.73. The molecule has 120 valence electrons. The lowest BCUT2D eigenvalue weighted by atomic mass is 10.2. The van der Waals surface area contributed by atoms with E-state index in [2.05, 4.69) is 11.6 Å². The highest BCUT2D eigenvalue weighted by atomic mass is 32.2. The molecule has 0 saturated carbocycles. The molecule has 0 radical (unpaired) electrons. The highest BCUT2D eigenvalue weighted by Gasteiger charge is 2.29. The third kappa shape index (κ3) is 4.36. The van der Waals surface area contributed by atoms with Crippen LogP contribution >= 0.6 is 11.8 Å². The number of hydrogen-bond acceptors (Lipinski definition) is 4. The fourth-order valence-corrected chi connectivity index (χ4v) is 2.92. The number of amides is 1. The molecule has 1 amide bonds. The Morgan fingerprint density at radius 1 is 1.35 bits per heavy atom. The van der Waals surface area contributed by atoms with Crippen LogP contribution in [0.15, 0.2) is 59.8 Å². The number of ether oxygens (including phenoxy) is 1. The average Bonchev–Trinajstić information content (AvgIpc) is 2.85. The summed E-state index contributed by atoms with van der Waals surface area (Å²) in [6.45, 7) is 6.14. The summed E-state index contributed by atoms with van der Waals surface area (Å²) in [5.74, 6) is 1.47. The highest BCUT2D eigenvalue weighted by Crippen LogP contribution is 2.24. The molecule has 0 aromatic heterocycles. The van der Waals surface area contributed by atoms with Crippen LogP contribution in [0.1, 0.15) is 12.5 Å². The molecule has 4 nitrogen and oxygen atoms in total. The standard InChI is InChI=1S/C18H20N2O2S/c1-4-6-12-23-18-19-16(17(21)20(18)11-5-2)13-14-7-9-15(22-3)10-8-14/h4-10,13H,2,11-12H2,1,3H3. The van der Waals surface area contributed by atoms with Gasteiger partial charge in [0.2, 0.25) is 0 Å². The topological polar surface area (TPSA) is 41.9 Å². The number of carbonyl (C=O) groups is 1. The molecule has 0 spiro atoms. The van der Waals surface area contributed by atoms with E-state index in [-0.39, 0.29) is 5.91 Å². The van der Waals surface area contributed by atoms with Crippen molar-refractivity contribution in [2.75, 3.05) is 19.4 Å². The van der Waals surface area contributed by atoms with Crippen LogP contribution < -0.4 is 4.74 Å². The molecule has 0 saturated heterocycles. The van der Waals surface area contributed by atoms with Crippen molar-refractivity contribution in [2.24, 2.45) is 4.99 Å². The monoisotopic (exact) mass is 328 g/mol. The molecule has 2 rings (SSSR count). The number of benzene rings is 1. The normalized spacial score (nSPS) is 16.3. The van der Waals surface area contributed by atoms with Crippen LogP contribution in [0.3, 0.4) is 0 Å². The summed E-state index contributed by atoms with van der Waals surface area (Å²) in [6.07, 6.45) is 7.52. The van der Waals surface area contributed by atoms with Crippen molar-refractivity contribution in [3.8, 4) is 5.75 Å². The van der Waals surface area contributed by atoms with Crippen molar-refractivity contribution < 1.29 is 9.53 Å². The minimum Gasteiger partial charge on any atom is -0.497 e. The summed E-state index contributed by atoms with van der Waals surface area (Å²) < 4.78 is 5.14. The van der Waals surface area contributed by atoms with Gasteiger partial charge in [-0.3, -0.25) is 9.69 Å². The Morgan fingerprint density at radius 2 is 2.09 bits per heavy atom. The van der Waals surface area contributed by atoms with Crippen LogP contribution in [0, 0.1) is 0 Å². The first-order valence-corrected chi connectivity index (χ1v) is 8.29. The maximum Gasteiger partial charge on any atom is 0.278 e. The zero-order valence-corrected chi connectivity index (χ0v) is 14.2. The zero-order chi connectivity index (χ0) is 16.7. The van der Waals surface area contributed by atoms with Crippen molar-refractivity contribution in [1.29, 1.82) is 0 Å². The molecule has 0 unspecified atom stereocenters. The van der Waals surface area contributed by atoms with E-state index in [0.717, 1.165) is 17.1 Å². The molecule has 23 heavy (non-hydrogen) atoms. The molecule has 1 aromatic carbocycles. The third-order valence-corrected chi connectivity index (χ3v) is 4.12. The molecular weight excluding hydrogens is 308 g/mol. The van der Waals surface area contributed by atoms with Crippen molar-refractivity contribution in [2.45, 2.75) is 6.92 Å².